The first-order valence-electron chi connectivity index (χ1n) is 6.77. The molecule has 1 atom stereocenters. The molecule has 0 saturated heterocycles. The van der Waals surface area contributed by atoms with E-state index in [1.54, 1.807) is 0 Å². The lowest BCUT2D eigenvalue weighted by Crippen LogP contribution is -2.41. The number of benzene rings is 1. The molecule has 0 amide bonds. The fraction of sp³-hybridized carbons (Fsp3) is 0.600. The zero-order valence-electron chi connectivity index (χ0n) is 10.8. The highest BCUT2D eigenvalue weighted by atomic mass is 14.9. The molecule has 0 spiro atoms. The van der Waals surface area contributed by atoms with Gasteiger partial charge in [-0.3, -0.25) is 0 Å². The minimum absolute atomic E-state index is 0.116. The number of nitrogens with one attached hydrogen (secondary N) is 1. The maximum Gasteiger partial charge on any atom is 0.0421 e. The molecule has 3 N–H and O–H groups in total. The standard InChI is InChI=1S/C15H24N2/c1-2-15(9-6-10-15)12-17-11-14(16)13-7-4-3-5-8-13/h3-5,7-8,14,17H,2,6,9-12,16H2,1H3. The van der Waals surface area contributed by atoms with E-state index >= 15 is 0 Å². The van der Waals surface area contributed by atoms with Crippen molar-refractivity contribution in [1.29, 1.82) is 0 Å². The topological polar surface area (TPSA) is 38.0 Å². The van der Waals surface area contributed by atoms with Gasteiger partial charge < -0.3 is 11.1 Å². The molecule has 1 aliphatic carbocycles. The zero-order valence-corrected chi connectivity index (χ0v) is 10.8. The van der Waals surface area contributed by atoms with Crippen LogP contribution in [-0.2, 0) is 0 Å². The molecule has 0 radical (unpaired) electrons. The Morgan fingerprint density at radius 3 is 2.53 bits per heavy atom. The lowest BCUT2D eigenvalue weighted by atomic mass is 9.67. The van der Waals surface area contributed by atoms with Gasteiger partial charge in [-0.25, -0.2) is 0 Å². The van der Waals surface area contributed by atoms with Gasteiger partial charge in [-0.2, -0.15) is 0 Å². The summed E-state index contributed by atoms with van der Waals surface area (Å²) in [4.78, 5) is 0. The second-order valence-electron chi connectivity index (χ2n) is 5.36. The first kappa shape index (κ1) is 12.6. The first-order chi connectivity index (χ1) is 8.26. The van der Waals surface area contributed by atoms with E-state index in [-0.39, 0.29) is 6.04 Å². The van der Waals surface area contributed by atoms with Gasteiger partial charge in [0.1, 0.15) is 0 Å². The summed E-state index contributed by atoms with van der Waals surface area (Å²) in [7, 11) is 0. The van der Waals surface area contributed by atoms with Gasteiger partial charge in [-0.15, -0.1) is 0 Å². The predicted octanol–water partition coefficient (Wildman–Crippen LogP) is 2.86. The molecule has 0 aromatic heterocycles. The molecule has 94 valence electrons. The van der Waals surface area contributed by atoms with Crippen LogP contribution in [0.3, 0.4) is 0 Å². The maximum atomic E-state index is 6.16. The van der Waals surface area contributed by atoms with E-state index in [4.69, 9.17) is 5.73 Å². The molecule has 1 aromatic rings. The van der Waals surface area contributed by atoms with Crippen molar-refractivity contribution in [3.8, 4) is 0 Å². The van der Waals surface area contributed by atoms with Crippen LogP contribution in [0.15, 0.2) is 30.3 Å². The normalized spacial score (nSPS) is 19.6. The van der Waals surface area contributed by atoms with Crippen molar-refractivity contribution in [2.45, 2.75) is 38.6 Å². The summed E-state index contributed by atoms with van der Waals surface area (Å²) in [5.74, 6) is 0. The van der Waals surface area contributed by atoms with Gasteiger partial charge in [0.2, 0.25) is 0 Å². The Balaban J connectivity index is 1.75. The van der Waals surface area contributed by atoms with Crippen molar-refractivity contribution in [2.24, 2.45) is 11.1 Å². The van der Waals surface area contributed by atoms with E-state index < -0.39 is 0 Å². The minimum Gasteiger partial charge on any atom is -0.323 e. The summed E-state index contributed by atoms with van der Waals surface area (Å²) in [5, 5.41) is 3.55. The Morgan fingerprint density at radius 1 is 1.29 bits per heavy atom. The Bertz CT molecular complexity index is 325. The second kappa shape index (κ2) is 5.65. The predicted molar refractivity (Wildman–Crippen MR) is 72.8 cm³/mol. The van der Waals surface area contributed by atoms with Gasteiger partial charge in [0.05, 0.1) is 0 Å². The molecule has 1 saturated carbocycles. The molecule has 0 heterocycles. The van der Waals surface area contributed by atoms with Crippen molar-refractivity contribution in [3.63, 3.8) is 0 Å². The van der Waals surface area contributed by atoms with Gasteiger partial charge in [-0.05, 0) is 30.2 Å². The van der Waals surface area contributed by atoms with Crippen molar-refractivity contribution in [3.05, 3.63) is 35.9 Å². The highest BCUT2D eigenvalue weighted by Crippen LogP contribution is 2.43. The van der Waals surface area contributed by atoms with Crippen molar-refractivity contribution in [2.75, 3.05) is 13.1 Å². The largest absolute Gasteiger partial charge is 0.323 e. The van der Waals surface area contributed by atoms with Gasteiger partial charge >= 0.3 is 0 Å². The fourth-order valence-electron chi connectivity index (χ4n) is 2.64. The maximum absolute atomic E-state index is 6.16. The van der Waals surface area contributed by atoms with Crippen LogP contribution < -0.4 is 11.1 Å². The lowest BCUT2D eigenvalue weighted by Gasteiger charge is -2.41. The Labute approximate surface area is 105 Å². The molecular formula is C15H24N2. The summed E-state index contributed by atoms with van der Waals surface area (Å²) in [5.41, 5.74) is 7.96. The second-order valence-corrected chi connectivity index (χ2v) is 5.36. The average Bonchev–Trinajstić information content (AvgIpc) is 2.33. The third kappa shape index (κ3) is 3.08. The first-order valence-corrected chi connectivity index (χ1v) is 6.77. The fourth-order valence-corrected chi connectivity index (χ4v) is 2.64. The molecule has 17 heavy (non-hydrogen) atoms. The van der Waals surface area contributed by atoms with Crippen molar-refractivity contribution in [1.82, 2.24) is 5.32 Å². The van der Waals surface area contributed by atoms with Crippen molar-refractivity contribution >= 4 is 0 Å². The number of hydrogen-bond donors (Lipinski definition) is 2. The Morgan fingerprint density at radius 2 is 2.00 bits per heavy atom. The van der Waals surface area contributed by atoms with E-state index in [9.17, 15) is 0 Å². The van der Waals surface area contributed by atoms with Crippen LogP contribution in [0.1, 0.15) is 44.2 Å². The van der Waals surface area contributed by atoms with E-state index in [2.05, 4.69) is 36.5 Å². The van der Waals surface area contributed by atoms with Crippen molar-refractivity contribution < 1.29 is 0 Å². The van der Waals surface area contributed by atoms with Gasteiger partial charge in [0.25, 0.3) is 0 Å². The van der Waals surface area contributed by atoms with Crippen LogP contribution >= 0.6 is 0 Å². The summed E-state index contributed by atoms with van der Waals surface area (Å²) in [6.07, 6.45) is 5.47. The molecule has 0 aliphatic heterocycles. The van der Waals surface area contributed by atoms with E-state index in [0.29, 0.717) is 5.41 Å². The summed E-state index contributed by atoms with van der Waals surface area (Å²) < 4.78 is 0. The SMILES string of the molecule is CCC1(CNCC(N)c2ccccc2)CCC1. The van der Waals surface area contributed by atoms with Gasteiger partial charge in [0, 0.05) is 19.1 Å². The summed E-state index contributed by atoms with van der Waals surface area (Å²) >= 11 is 0. The lowest BCUT2D eigenvalue weighted by molar-refractivity contribution is 0.124. The summed E-state index contributed by atoms with van der Waals surface area (Å²) in [6, 6.07) is 10.5. The Hall–Kier alpha value is -0.860. The highest BCUT2D eigenvalue weighted by molar-refractivity contribution is 5.18. The highest BCUT2D eigenvalue weighted by Gasteiger charge is 2.34. The number of nitrogens with two attached hydrogens (primary N) is 1. The number of rotatable bonds is 6. The molecule has 1 aromatic carbocycles. The smallest absolute Gasteiger partial charge is 0.0421 e. The average molecular weight is 232 g/mol. The van der Waals surface area contributed by atoms with Gasteiger partial charge in [0.15, 0.2) is 0 Å². The molecule has 2 rings (SSSR count). The van der Waals surface area contributed by atoms with Crippen LogP contribution in [0.4, 0.5) is 0 Å². The quantitative estimate of drug-likeness (QED) is 0.791. The minimum atomic E-state index is 0.116. The van der Waals surface area contributed by atoms with Crippen LogP contribution in [0, 0.1) is 5.41 Å². The number of hydrogen-bond acceptors (Lipinski definition) is 2. The molecule has 1 fully saturated rings. The molecule has 1 unspecified atom stereocenters. The molecular weight excluding hydrogens is 208 g/mol. The van der Waals surface area contributed by atoms with Crippen LogP contribution in [0.5, 0.6) is 0 Å². The summed E-state index contributed by atoms with van der Waals surface area (Å²) in [6.45, 7) is 4.31. The molecule has 2 nitrogen and oxygen atoms in total. The molecule has 0 bridgehead atoms. The van der Waals surface area contributed by atoms with E-state index in [1.807, 2.05) is 6.07 Å². The Kier molecular flexibility index (Phi) is 4.19. The zero-order chi connectivity index (χ0) is 12.1. The monoisotopic (exact) mass is 232 g/mol. The van der Waals surface area contributed by atoms with E-state index in [0.717, 1.165) is 13.1 Å². The van der Waals surface area contributed by atoms with Gasteiger partial charge in [-0.1, -0.05) is 43.7 Å². The third-order valence-corrected chi connectivity index (χ3v) is 4.26. The van der Waals surface area contributed by atoms with Crippen LogP contribution in [0.2, 0.25) is 0 Å². The molecule has 2 heteroatoms. The third-order valence-electron chi connectivity index (χ3n) is 4.26. The van der Waals surface area contributed by atoms with Crippen LogP contribution in [0.25, 0.3) is 0 Å². The molecule has 1 aliphatic rings. The van der Waals surface area contributed by atoms with E-state index in [1.165, 1.54) is 31.2 Å². The van der Waals surface area contributed by atoms with Crippen LogP contribution in [-0.4, -0.2) is 13.1 Å².